The highest BCUT2D eigenvalue weighted by Crippen LogP contribution is 2.43. The van der Waals surface area contributed by atoms with Gasteiger partial charge in [0.2, 0.25) is 0 Å². The summed E-state index contributed by atoms with van der Waals surface area (Å²) in [6, 6.07) is 15.5. The summed E-state index contributed by atoms with van der Waals surface area (Å²) in [6.45, 7) is 7.32. The van der Waals surface area contributed by atoms with Gasteiger partial charge in [0.15, 0.2) is 0 Å². The molecule has 11 nitrogen and oxygen atoms in total. The second-order valence-electron chi connectivity index (χ2n) is 10.0. The zero-order chi connectivity index (χ0) is 32.6. The Morgan fingerprint density at radius 1 is 0.864 bits per heavy atom. The van der Waals surface area contributed by atoms with Crippen molar-refractivity contribution in [3.63, 3.8) is 0 Å². The fourth-order valence-corrected chi connectivity index (χ4v) is 5.90. The normalized spacial score (nSPS) is 17.2. The molecule has 2 aromatic rings. The maximum atomic E-state index is 9.55. The Bertz CT molecular complexity index is 1280. The number of aliphatic hydroxyl groups excluding tert-OH is 1. The van der Waals surface area contributed by atoms with Crippen LogP contribution in [0.25, 0.3) is 0 Å². The Kier molecular flexibility index (Phi) is 15.7. The van der Waals surface area contributed by atoms with Gasteiger partial charge in [-0.2, -0.15) is 0 Å². The van der Waals surface area contributed by atoms with Crippen LogP contribution in [0.1, 0.15) is 36.9 Å². The lowest BCUT2D eigenvalue weighted by Gasteiger charge is -2.39. The summed E-state index contributed by atoms with van der Waals surface area (Å²) in [4.78, 5) is 46.1. The molecule has 2 aliphatic rings. The molecule has 0 spiro atoms. The number of benzene rings is 2. The van der Waals surface area contributed by atoms with Gasteiger partial charge in [-0.25, -0.2) is 19.2 Å². The molecule has 13 heteroatoms. The first-order valence-corrected chi connectivity index (χ1v) is 15.0. The van der Waals surface area contributed by atoms with Crippen molar-refractivity contribution >= 4 is 47.2 Å². The largest absolute Gasteiger partial charge is 0.478 e. The van der Waals surface area contributed by atoms with E-state index in [1.807, 2.05) is 24.8 Å². The highest BCUT2D eigenvalue weighted by atomic mass is 35.5. The smallest absolute Gasteiger partial charge is 0.328 e. The average molecular weight is 649 g/mol. The minimum absolute atomic E-state index is 0.189. The molecular formula is C31H37ClN2O9S. The molecule has 2 atom stereocenters. The van der Waals surface area contributed by atoms with Crippen LogP contribution in [-0.4, -0.2) is 98.0 Å². The van der Waals surface area contributed by atoms with E-state index in [9.17, 15) is 24.3 Å². The van der Waals surface area contributed by atoms with Gasteiger partial charge in [-0.1, -0.05) is 41.6 Å². The molecule has 0 aromatic heterocycles. The minimum atomic E-state index is -1.26. The molecule has 2 heterocycles. The summed E-state index contributed by atoms with van der Waals surface area (Å²) in [7, 11) is 0. The number of carbonyl (C=O) groups is 4. The van der Waals surface area contributed by atoms with E-state index in [2.05, 4.69) is 46.2 Å². The molecule has 0 radical (unpaired) electrons. The third-order valence-corrected chi connectivity index (χ3v) is 8.06. The number of carboxylic acids is 4. The van der Waals surface area contributed by atoms with Gasteiger partial charge in [0, 0.05) is 71.3 Å². The lowest BCUT2D eigenvalue weighted by atomic mass is 9.96. The van der Waals surface area contributed by atoms with Crippen LogP contribution in [-0.2, 0) is 25.6 Å². The average Bonchev–Trinajstić information content (AvgIpc) is 3.12. The zero-order valence-electron chi connectivity index (χ0n) is 24.2. The highest BCUT2D eigenvalue weighted by Gasteiger charge is 2.30. The Morgan fingerprint density at radius 2 is 1.41 bits per heavy atom. The molecule has 5 N–H and O–H groups in total. The molecule has 1 fully saturated rings. The number of halogens is 1. The molecule has 2 aromatic carbocycles. The summed E-state index contributed by atoms with van der Waals surface area (Å²) in [5, 5.41) is 41.6. The lowest BCUT2D eigenvalue weighted by molar-refractivity contribution is -0.134. The molecular weight excluding hydrogens is 612 g/mol. The van der Waals surface area contributed by atoms with Crippen LogP contribution in [0.2, 0.25) is 5.02 Å². The van der Waals surface area contributed by atoms with Crippen molar-refractivity contribution in [1.29, 1.82) is 0 Å². The number of piperazine rings is 1. The van der Waals surface area contributed by atoms with Crippen molar-refractivity contribution in [3.8, 4) is 0 Å². The Labute approximate surface area is 265 Å². The Morgan fingerprint density at radius 3 is 1.93 bits per heavy atom. The van der Waals surface area contributed by atoms with E-state index in [0.29, 0.717) is 30.3 Å². The van der Waals surface area contributed by atoms with E-state index >= 15 is 0 Å². The standard InChI is InChI=1S/C23H29ClN2OS.2C4H4O4/c1-17(27)5-4-10-25-11-13-26(14-12-25)21-15-18-6-2-3-7-22(18)28-23-9-8-19(24)16-20(21)23;2*5-3(6)1-2-4(7)8/h2-3,6-9,16-17,21,27H,4-5,10-15H2,1H3;2*1-2H,(H,5,6)(H,7,8). The number of aliphatic hydroxyl groups is 1. The van der Waals surface area contributed by atoms with Crippen molar-refractivity contribution in [2.24, 2.45) is 0 Å². The molecule has 0 amide bonds. The summed E-state index contributed by atoms with van der Waals surface area (Å²) >= 11 is 8.27. The second kappa shape index (κ2) is 18.9. The third kappa shape index (κ3) is 13.7. The molecule has 4 rings (SSSR count). The summed E-state index contributed by atoms with van der Waals surface area (Å²) < 4.78 is 0. The quantitative estimate of drug-likeness (QED) is 0.244. The topological polar surface area (TPSA) is 176 Å². The molecule has 238 valence electrons. The number of fused-ring (bicyclic) bond motifs is 2. The number of carboxylic acid groups (broad SMARTS) is 4. The van der Waals surface area contributed by atoms with Crippen molar-refractivity contribution in [3.05, 3.63) is 82.9 Å². The SMILES string of the molecule is CC(O)CCCN1CCN(C2Cc3ccccc3Sc3ccc(Cl)cc32)CC1.O=C(O)C=CC(=O)O.O=C(O)C=CC(=O)O. The van der Waals surface area contributed by atoms with Gasteiger partial charge in [0.05, 0.1) is 6.10 Å². The molecule has 1 saturated heterocycles. The van der Waals surface area contributed by atoms with Gasteiger partial charge >= 0.3 is 23.9 Å². The van der Waals surface area contributed by atoms with Crippen molar-refractivity contribution in [2.75, 3.05) is 32.7 Å². The third-order valence-electron chi connectivity index (χ3n) is 6.62. The van der Waals surface area contributed by atoms with E-state index in [-0.39, 0.29) is 6.10 Å². The van der Waals surface area contributed by atoms with Crippen LogP contribution in [0, 0.1) is 0 Å². The van der Waals surface area contributed by atoms with Crippen LogP contribution in [0.4, 0.5) is 0 Å². The Hall–Kier alpha value is -3.68. The molecule has 0 saturated carbocycles. The van der Waals surface area contributed by atoms with E-state index < -0.39 is 23.9 Å². The molecule has 44 heavy (non-hydrogen) atoms. The first-order chi connectivity index (χ1) is 20.8. The second-order valence-corrected chi connectivity index (χ2v) is 11.5. The summed E-state index contributed by atoms with van der Waals surface area (Å²) in [5.74, 6) is -5.03. The molecule has 0 bridgehead atoms. The first kappa shape index (κ1) is 36.5. The van der Waals surface area contributed by atoms with Crippen LogP contribution in [0.3, 0.4) is 0 Å². The maximum Gasteiger partial charge on any atom is 0.328 e. The highest BCUT2D eigenvalue weighted by molar-refractivity contribution is 7.99. The van der Waals surface area contributed by atoms with E-state index in [1.165, 1.54) is 20.9 Å². The monoisotopic (exact) mass is 648 g/mol. The van der Waals surface area contributed by atoms with Crippen LogP contribution in [0.15, 0.2) is 76.6 Å². The predicted octanol–water partition coefficient (Wildman–Crippen LogP) is 4.29. The van der Waals surface area contributed by atoms with Crippen LogP contribution < -0.4 is 0 Å². The number of aliphatic carboxylic acids is 4. The fourth-order valence-electron chi connectivity index (χ4n) is 4.60. The summed E-state index contributed by atoms with van der Waals surface area (Å²) in [5.41, 5.74) is 2.81. The van der Waals surface area contributed by atoms with Gasteiger partial charge in [0.25, 0.3) is 0 Å². The first-order valence-electron chi connectivity index (χ1n) is 13.8. The predicted molar refractivity (Wildman–Crippen MR) is 166 cm³/mol. The zero-order valence-corrected chi connectivity index (χ0v) is 25.8. The number of rotatable bonds is 9. The fraction of sp³-hybridized carbons (Fsp3) is 0.355. The summed E-state index contributed by atoms with van der Waals surface area (Å²) in [6.07, 6.45) is 5.05. The minimum Gasteiger partial charge on any atom is -0.478 e. The van der Waals surface area contributed by atoms with E-state index in [4.69, 9.17) is 32.0 Å². The van der Waals surface area contributed by atoms with E-state index in [0.717, 1.165) is 57.0 Å². The van der Waals surface area contributed by atoms with Crippen LogP contribution in [0.5, 0.6) is 0 Å². The van der Waals surface area contributed by atoms with Gasteiger partial charge in [-0.05, 0) is 68.1 Å². The van der Waals surface area contributed by atoms with Crippen LogP contribution >= 0.6 is 23.4 Å². The van der Waals surface area contributed by atoms with E-state index in [1.54, 1.807) is 0 Å². The van der Waals surface area contributed by atoms with Crippen molar-refractivity contribution in [2.45, 2.75) is 48.1 Å². The number of hydrogen-bond acceptors (Lipinski definition) is 8. The van der Waals surface area contributed by atoms with Gasteiger partial charge in [0.1, 0.15) is 0 Å². The van der Waals surface area contributed by atoms with Crippen molar-refractivity contribution in [1.82, 2.24) is 9.80 Å². The van der Waals surface area contributed by atoms with Crippen molar-refractivity contribution < 1.29 is 44.7 Å². The molecule has 0 aliphatic carbocycles. The van der Waals surface area contributed by atoms with Gasteiger partial charge in [-0.15, -0.1) is 0 Å². The molecule has 2 aliphatic heterocycles. The Balaban J connectivity index is 0.000000349. The number of hydrogen-bond donors (Lipinski definition) is 5. The lowest BCUT2D eigenvalue weighted by Crippen LogP contribution is -2.48. The maximum absolute atomic E-state index is 9.55. The molecule has 2 unspecified atom stereocenters. The number of nitrogens with zero attached hydrogens (tertiary/aromatic N) is 2. The van der Waals surface area contributed by atoms with Gasteiger partial charge in [-0.3, -0.25) is 4.90 Å². The van der Waals surface area contributed by atoms with Gasteiger partial charge < -0.3 is 30.4 Å².